The summed E-state index contributed by atoms with van der Waals surface area (Å²) in [6, 6.07) is 15.3. The predicted molar refractivity (Wildman–Crippen MR) is 124 cm³/mol. The minimum absolute atomic E-state index is 0.101. The normalized spacial score (nSPS) is 17.4. The Bertz CT molecular complexity index is 1150. The van der Waals surface area contributed by atoms with Gasteiger partial charge >= 0.3 is 0 Å². The fourth-order valence-electron chi connectivity index (χ4n) is 4.52. The molecule has 3 aromatic rings. The molecule has 0 spiro atoms. The van der Waals surface area contributed by atoms with Gasteiger partial charge in [-0.05, 0) is 74.5 Å². The maximum Gasteiger partial charge on any atom is 0.178 e. The van der Waals surface area contributed by atoms with E-state index >= 15 is 0 Å². The Labute approximate surface area is 184 Å². The number of nitrogens with zero attached hydrogens (tertiary/aromatic N) is 1. The van der Waals surface area contributed by atoms with Crippen LogP contribution < -0.4 is 0 Å². The second-order valence-corrected chi connectivity index (χ2v) is 10.7. The van der Waals surface area contributed by atoms with Crippen LogP contribution in [-0.2, 0) is 27.5 Å². The molecule has 2 aromatic carbocycles. The highest BCUT2D eigenvalue weighted by Gasteiger charge is 2.25. The van der Waals surface area contributed by atoms with Gasteiger partial charge < -0.3 is 4.98 Å². The molecule has 5 nitrogen and oxygen atoms in total. The second-order valence-electron chi connectivity index (χ2n) is 8.56. The largest absolute Gasteiger partial charge is 0.361 e. The van der Waals surface area contributed by atoms with E-state index < -0.39 is 9.84 Å². The average molecular weight is 439 g/mol. The van der Waals surface area contributed by atoms with Gasteiger partial charge in [0.05, 0.1) is 10.6 Å². The first-order valence-corrected chi connectivity index (χ1v) is 12.7. The van der Waals surface area contributed by atoms with Crippen LogP contribution in [0, 0.1) is 0 Å². The van der Waals surface area contributed by atoms with E-state index in [1.54, 1.807) is 31.2 Å². The number of hydrogen-bond acceptors (Lipinski definition) is 4. The van der Waals surface area contributed by atoms with E-state index in [2.05, 4.69) is 22.1 Å². The number of carbonyl (C=O) groups is 1. The molecule has 2 heterocycles. The Balaban J connectivity index is 1.47. The maximum absolute atomic E-state index is 12.6. The van der Waals surface area contributed by atoms with E-state index in [0.29, 0.717) is 23.8 Å². The van der Waals surface area contributed by atoms with Gasteiger partial charge in [0.1, 0.15) is 5.78 Å². The van der Waals surface area contributed by atoms with E-state index in [0.717, 1.165) is 37.0 Å². The molecule has 0 saturated carbocycles. The Hall–Kier alpha value is -2.44. The number of nitrogens with one attached hydrogen (secondary N) is 1. The molecule has 0 amide bonds. The van der Waals surface area contributed by atoms with Gasteiger partial charge in [0.2, 0.25) is 0 Å². The summed E-state index contributed by atoms with van der Waals surface area (Å²) in [4.78, 5) is 17.6. The van der Waals surface area contributed by atoms with Crippen LogP contribution in [-0.4, -0.2) is 49.0 Å². The number of aromatic amines is 1. The van der Waals surface area contributed by atoms with Gasteiger partial charge in [-0.25, -0.2) is 8.42 Å². The molecule has 1 aromatic heterocycles. The quantitative estimate of drug-likeness (QED) is 0.544. The van der Waals surface area contributed by atoms with Crippen molar-refractivity contribution < 1.29 is 13.2 Å². The number of Topliss-reactive ketones (excluding diaryl/α,β-unsaturated/α-hetero) is 1. The highest BCUT2D eigenvalue weighted by atomic mass is 32.2. The molecule has 1 aliphatic heterocycles. The van der Waals surface area contributed by atoms with Gasteiger partial charge in [-0.1, -0.05) is 24.3 Å². The van der Waals surface area contributed by atoms with Crippen molar-refractivity contribution in [2.45, 2.75) is 50.0 Å². The van der Waals surface area contributed by atoms with Gasteiger partial charge in [0.25, 0.3) is 0 Å². The number of H-pyrrole nitrogens is 1. The van der Waals surface area contributed by atoms with Crippen LogP contribution in [0.2, 0.25) is 0 Å². The zero-order valence-electron chi connectivity index (χ0n) is 18.0. The number of rotatable bonds is 9. The van der Waals surface area contributed by atoms with Crippen LogP contribution in [0.1, 0.15) is 37.3 Å². The molecule has 164 valence electrons. The van der Waals surface area contributed by atoms with Crippen LogP contribution in [0.4, 0.5) is 0 Å². The molecule has 1 saturated heterocycles. The van der Waals surface area contributed by atoms with Crippen LogP contribution in [0.25, 0.3) is 10.9 Å². The summed E-state index contributed by atoms with van der Waals surface area (Å²) in [6.45, 7) is 3.55. The van der Waals surface area contributed by atoms with Gasteiger partial charge in [0.15, 0.2) is 9.84 Å². The number of aromatic nitrogens is 1. The van der Waals surface area contributed by atoms with E-state index in [1.165, 1.54) is 17.4 Å². The summed E-state index contributed by atoms with van der Waals surface area (Å²) in [6.07, 6.45) is 6.46. The monoisotopic (exact) mass is 438 g/mol. The summed E-state index contributed by atoms with van der Waals surface area (Å²) >= 11 is 0. The Morgan fingerprint density at radius 3 is 2.74 bits per heavy atom. The minimum Gasteiger partial charge on any atom is -0.361 e. The van der Waals surface area contributed by atoms with Crippen molar-refractivity contribution in [1.29, 1.82) is 0 Å². The summed E-state index contributed by atoms with van der Waals surface area (Å²) in [7, 11) is -3.29. The van der Waals surface area contributed by atoms with Crippen molar-refractivity contribution in [1.82, 2.24) is 9.88 Å². The first-order chi connectivity index (χ1) is 14.9. The fraction of sp³-hybridized carbons (Fsp3) is 0.400. The highest BCUT2D eigenvalue weighted by Crippen LogP contribution is 2.27. The molecule has 1 atom stereocenters. The topological polar surface area (TPSA) is 70.2 Å². The molecular formula is C25H30N2O3S. The molecule has 1 N–H and O–H groups in total. The van der Waals surface area contributed by atoms with Crippen molar-refractivity contribution in [3.8, 4) is 0 Å². The molecule has 31 heavy (non-hydrogen) atoms. The number of likely N-dealkylation sites (tertiary alicyclic amines) is 1. The predicted octanol–water partition coefficient (Wildman–Crippen LogP) is 4.17. The van der Waals surface area contributed by atoms with E-state index in [9.17, 15) is 13.2 Å². The molecule has 1 aliphatic rings. The SMILES string of the molecule is CC(=O)CCN1CCC[C@@H]1Cc1c[nH]c2ccc(CCS(=O)(=O)c3ccccc3)cc12. The molecule has 0 radical (unpaired) electrons. The Morgan fingerprint density at radius 1 is 1.16 bits per heavy atom. The van der Waals surface area contributed by atoms with E-state index in [4.69, 9.17) is 0 Å². The van der Waals surface area contributed by atoms with Crippen molar-refractivity contribution in [3.63, 3.8) is 0 Å². The number of hydrogen-bond donors (Lipinski definition) is 1. The van der Waals surface area contributed by atoms with E-state index in [1.807, 2.05) is 18.2 Å². The number of fused-ring (bicyclic) bond motifs is 1. The van der Waals surface area contributed by atoms with Crippen LogP contribution in [0.15, 0.2) is 59.6 Å². The summed E-state index contributed by atoms with van der Waals surface area (Å²) in [5.74, 6) is 0.344. The Morgan fingerprint density at radius 2 is 1.97 bits per heavy atom. The van der Waals surface area contributed by atoms with Crippen LogP contribution >= 0.6 is 0 Å². The van der Waals surface area contributed by atoms with Crippen molar-refractivity contribution >= 4 is 26.5 Å². The van der Waals surface area contributed by atoms with E-state index in [-0.39, 0.29) is 11.5 Å². The lowest BCUT2D eigenvalue weighted by atomic mass is 10.0. The molecule has 4 rings (SSSR count). The zero-order valence-corrected chi connectivity index (χ0v) is 18.8. The number of aryl methyl sites for hydroxylation is 1. The first kappa shape index (κ1) is 21.8. The molecule has 6 heteroatoms. The first-order valence-electron chi connectivity index (χ1n) is 11.0. The zero-order chi connectivity index (χ0) is 21.8. The maximum atomic E-state index is 12.6. The van der Waals surface area contributed by atoms with Gasteiger partial charge in [0, 0.05) is 36.1 Å². The third-order valence-corrected chi connectivity index (χ3v) is 8.03. The molecule has 1 fully saturated rings. The van der Waals surface area contributed by atoms with Crippen LogP contribution in [0.3, 0.4) is 0 Å². The Kier molecular flexibility index (Phi) is 6.58. The lowest BCUT2D eigenvalue weighted by Gasteiger charge is -2.23. The summed E-state index contributed by atoms with van der Waals surface area (Å²) < 4.78 is 25.3. The third kappa shape index (κ3) is 5.25. The molecule has 0 aliphatic carbocycles. The summed E-state index contributed by atoms with van der Waals surface area (Å²) in [5.41, 5.74) is 3.38. The van der Waals surface area contributed by atoms with Gasteiger partial charge in [-0.3, -0.25) is 9.69 Å². The minimum atomic E-state index is -3.29. The van der Waals surface area contributed by atoms with Gasteiger partial charge in [-0.15, -0.1) is 0 Å². The van der Waals surface area contributed by atoms with Crippen molar-refractivity contribution in [2.24, 2.45) is 0 Å². The fourth-order valence-corrected chi connectivity index (χ4v) is 5.84. The van der Waals surface area contributed by atoms with Crippen molar-refractivity contribution in [3.05, 3.63) is 65.9 Å². The smallest absolute Gasteiger partial charge is 0.178 e. The lowest BCUT2D eigenvalue weighted by Crippen LogP contribution is -2.32. The molecule has 0 unspecified atom stereocenters. The van der Waals surface area contributed by atoms with Crippen molar-refractivity contribution in [2.75, 3.05) is 18.8 Å². The lowest BCUT2D eigenvalue weighted by molar-refractivity contribution is -0.117. The molecule has 0 bridgehead atoms. The second kappa shape index (κ2) is 9.37. The molecular weight excluding hydrogens is 408 g/mol. The standard InChI is InChI=1S/C25H30N2O3S/c1-19(28)11-14-27-13-5-6-22(27)17-21-18-26-25-10-9-20(16-24(21)25)12-15-31(29,30)23-7-3-2-4-8-23/h2-4,7-10,16,18,22,26H,5-6,11-15,17H2,1H3/t22-/m1/s1. The number of benzene rings is 2. The van der Waals surface area contributed by atoms with Gasteiger partial charge in [-0.2, -0.15) is 0 Å². The number of ketones is 1. The number of sulfone groups is 1. The number of carbonyl (C=O) groups excluding carboxylic acids is 1. The summed E-state index contributed by atoms with van der Waals surface area (Å²) in [5, 5.41) is 1.17. The van der Waals surface area contributed by atoms with Crippen LogP contribution in [0.5, 0.6) is 0 Å². The third-order valence-electron chi connectivity index (χ3n) is 6.30. The average Bonchev–Trinajstić information content (AvgIpc) is 3.38. The highest BCUT2D eigenvalue weighted by molar-refractivity contribution is 7.91.